The average molecular weight is 345 g/mol. The van der Waals surface area contributed by atoms with Crippen LogP contribution in [0.4, 0.5) is 0 Å². The van der Waals surface area contributed by atoms with E-state index in [0.29, 0.717) is 36.3 Å². The Bertz CT molecular complexity index is 564. The van der Waals surface area contributed by atoms with Crippen LogP contribution in [0.1, 0.15) is 15.9 Å². The summed E-state index contributed by atoms with van der Waals surface area (Å²) < 4.78 is 7.36. The zero-order valence-electron chi connectivity index (χ0n) is 11.3. The van der Waals surface area contributed by atoms with Crippen molar-refractivity contribution < 1.29 is 14.6 Å². The summed E-state index contributed by atoms with van der Waals surface area (Å²) in [6.07, 6.45) is 1.66. The van der Waals surface area contributed by atoms with E-state index >= 15 is 0 Å². The van der Waals surface area contributed by atoms with E-state index < -0.39 is 11.5 Å². The molecule has 0 unspecified atom stereocenters. The topological polar surface area (TPSA) is 71.8 Å². The molecule has 0 bridgehead atoms. The largest absolute Gasteiger partial charge is 0.477 e. The van der Waals surface area contributed by atoms with Gasteiger partial charge in [-0.05, 0) is 28.4 Å². The van der Waals surface area contributed by atoms with E-state index in [1.54, 1.807) is 13.1 Å². The summed E-state index contributed by atoms with van der Waals surface area (Å²) >= 11 is 3.31. The molecular formula is C13H17BrN2O4. The fourth-order valence-electron chi connectivity index (χ4n) is 2.21. The van der Waals surface area contributed by atoms with Crippen LogP contribution in [0.25, 0.3) is 0 Å². The number of hydrogen-bond acceptors (Lipinski definition) is 4. The normalized spacial score (nSPS) is 16.3. The molecule has 1 aromatic heterocycles. The maximum absolute atomic E-state index is 12.2. The maximum atomic E-state index is 12.2. The van der Waals surface area contributed by atoms with Crippen LogP contribution in [0.5, 0.6) is 0 Å². The van der Waals surface area contributed by atoms with Crippen LogP contribution < -0.4 is 5.56 Å². The van der Waals surface area contributed by atoms with Gasteiger partial charge < -0.3 is 14.4 Å². The number of nitrogens with zero attached hydrogens (tertiary/aromatic N) is 2. The lowest BCUT2D eigenvalue weighted by Crippen LogP contribution is -2.39. The van der Waals surface area contributed by atoms with Crippen molar-refractivity contribution >= 4 is 21.9 Å². The molecule has 1 aromatic rings. The zero-order chi connectivity index (χ0) is 14.7. The van der Waals surface area contributed by atoms with E-state index in [0.717, 1.165) is 13.1 Å². The van der Waals surface area contributed by atoms with E-state index in [1.165, 1.54) is 4.57 Å². The highest BCUT2D eigenvalue weighted by atomic mass is 79.9. The van der Waals surface area contributed by atoms with Crippen LogP contribution in [0, 0.1) is 6.92 Å². The smallest absolute Gasteiger partial charge is 0.341 e. The number of aromatic nitrogens is 1. The molecule has 7 heteroatoms. The van der Waals surface area contributed by atoms with E-state index in [2.05, 4.69) is 20.8 Å². The van der Waals surface area contributed by atoms with Crippen molar-refractivity contribution in [3.63, 3.8) is 0 Å². The fraction of sp³-hybridized carbons (Fsp3) is 0.538. The Labute approximate surface area is 125 Å². The third-order valence-corrected chi connectivity index (χ3v) is 4.25. The molecule has 1 saturated heterocycles. The van der Waals surface area contributed by atoms with Crippen LogP contribution in [-0.2, 0) is 11.3 Å². The summed E-state index contributed by atoms with van der Waals surface area (Å²) in [7, 11) is 0. The van der Waals surface area contributed by atoms with Crippen molar-refractivity contribution in [3.05, 3.63) is 32.2 Å². The van der Waals surface area contributed by atoms with Crippen LogP contribution in [0.2, 0.25) is 0 Å². The van der Waals surface area contributed by atoms with Gasteiger partial charge in [-0.3, -0.25) is 9.69 Å². The molecule has 0 spiro atoms. The minimum atomic E-state index is -1.19. The lowest BCUT2D eigenvalue weighted by Gasteiger charge is -2.26. The Morgan fingerprint density at radius 1 is 1.40 bits per heavy atom. The predicted octanol–water partition coefficient (Wildman–Crippen LogP) is 0.950. The molecule has 1 N–H and O–H groups in total. The van der Waals surface area contributed by atoms with Crippen molar-refractivity contribution in [3.8, 4) is 0 Å². The van der Waals surface area contributed by atoms with Crippen LogP contribution in [0.15, 0.2) is 15.5 Å². The van der Waals surface area contributed by atoms with Crippen molar-refractivity contribution in [1.82, 2.24) is 9.47 Å². The predicted molar refractivity (Wildman–Crippen MR) is 77.4 cm³/mol. The van der Waals surface area contributed by atoms with Crippen molar-refractivity contribution in [1.29, 1.82) is 0 Å². The first kappa shape index (κ1) is 15.2. The third-order valence-electron chi connectivity index (χ3n) is 3.45. The molecule has 1 aliphatic heterocycles. The summed E-state index contributed by atoms with van der Waals surface area (Å²) in [6, 6.07) is 0. The number of morpholine rings is 1. The van der Waals surface area contributed by atoms with E-state index in [9.17, 15) is 9.59 Å². The minimum Gasteiger partial charge on any atom is -0.477 e. The Kier molecular flexibility index (Phi) is 4.95. The van der Waals surface area contributed by atoms with E-state index in [-0.39, 0.29) is 5.56 Å². The van der Waals surface area contributed by atoms with Crippen LogP contribution in [-0.4, -0.2) is 53.4 Å². The first-order valence-electron chi connectivity index (χ1n) is 6.43. The number of rotatable bonds is 4. The Balaban J connectivity index is 2.19. The van der Waals surface area contributed by atoms with Gasteiger partial charge in [-0.15, -0.1) is 0 Å². The number of carbonyl (C=O) groups is 1. The van der Waals surface area contributed by atoms with Gasteiger partial charge in [-0.1, -0.05) is 0 Å². The number of halogens is 1. The summed E-state index contributed by atoms with van der Waals surface area (Å²) in [4.78, 5) is 25.6. The van der Waals surface area contributed by atoms with Gasteiger partial charge in [0.15, 0.2) is 0 Å². The summed E-state index contributed by atoms with van der Waals surface area (Å²) in [5.41, 5.74) is -0.155. The molecule has 110 valence electrons. The molecule has 1 fully saturated rings. The molecule has 1 aliphatic rings. The number of ether oxygens (including phenoxy) is 1. The molecule has 0 atom stereocenters. The summed E-state index contributed by atoms with van der Waals surface area (Å²) in [5.74, 6) is -1.19. The Morgan fingerprint density at radius 2 is 2.05 bits per heavy atom. The van der Waals surface area contributed by atoms with Crippen molar-refractivity contribution in [2.45, 2.75) is 13.5 Å². The molecule has 2 rings (SSSR count). The molecular weight excluding hydrogens is 328 g/mol. The molecule has 0 aliphatic carbocycles. The minimum absolute atomic E-state index is 0.165. The van der Waals surface area contributed by atoms with Crippen LogP contribution >= 0.6 is 15.9 Å². The third kappa shape index (κ3) is 3.28. The fourth-order valence-corrected chi connectivity index (χ4v) is 2.65. The second kappa shape index (κ2) is 6.51. The van der Waals surface area contributed by atoms with E-state index in [1.807, 2.05) is 0 Å². The van der Waals surface area contributed by atoms with Gasteiger partial charge in [-0.25, -0.2) is 4.79 Å². The Hall–Kier alpha value is -1.18. The molecule has 20 heavy (non-hydrogen) atoms. The van der Waals surface area contributed by atoms with Crippen molar-refractivity contribution in [2.24, 2.45) is 0 Å². The lowest BCUT2D eigenvalue weighted by molar-refractivity contribution is 0.0362. The first-order valence-corrected chi connectivity index (χ1v) is 7.23. The van der Waals surface area contributed by atoms with Gasteiger partial charge in [0, 0.05) is 36.8 Å². The van der Waals surface area contributed by atoms with Gasteiger partial charge in [0.25, 0.3) is 5.56 Å². The average Bonchev–Trinajstić information content (AvgIpc) is 2.42. The molecule has 0 amide bonds. The monoisotopic (exact) mass is 344 g/mol. The number of aromatic carboxylic acids is 1. The van der Waals surface area contributed by atoms with Gasteiger partial charge in [0.05, 0.1) is 13.2 Å². The number of hydrogen-bond donors (Lipinski definition) is 1. The van der Waals surface area contributed by atoms with Crippen molar-refractivity contribution in [2.75, 3.05) is 32.8 Å². The van der Waals surface area contributed by atoms with E-state index in [4.69, 9.17) is 9.84 Å². The van der Waals surface area contributed by atoms with Gasteiger partial charge in [0.2, 0.25) is 0 Å². The second-order valence-electron chi connectivity index (χ2n) is 4.73. The molecule has 6 nitrogen and oxygen atoms in total. The molecule has 0 aromatic carbocycles. The zero-order valence-corrected chi connectivity index (χ0v) is 12.9. The molecule has 0 saturated carbocycles. The van der Waals surface area contributed by atoms with Gasteiger partial charge in [0.1, 0.15) is 5.56 Å². The van der Waals surface area contributed by atoms with Crippen LogP contribution in [0.3, 0.4) is 0 Å². The quantitative estimate of drug-likeness (QED) is 0.880. The number of carboxylic acid groups (broad SMARTS) is 1. The lowest BCUT2D eigenvalue weighted by atomic mass is 10.1. The highest BCUT2D eigenvalue weighted by Gasteiger charge is 2.18. The Morgan fingerprint density at radius 3 is 2.65 bits per heavy atom. The second-order valence-corrected chi connectivity index (χ2v) is 5.59. The van der Waals surface area contributed by atoms with Gasteiger partial charge in [-0.2, -0.15) is 0 Å². The molecule has 0 radical (unpaired) electrons. The maximum Gasteiger partial charge on any atom is 0.341 e. The van der Waals surface area contributed by atoms with Gasteiger partial charge >= 0.3 is 5.97 Å². The standard InChI is InChI=1S/C13H17BrN2O4/c1-9-10(14)8-16(12(17)11(9)13(18)19)3-2-15-4-6-20-7-5-15/h8H,2-7H2,1H3,(H,18,19). The number of carboxylic acids is 1. The SMILES string of the molecule is Cc1c(Br)cn(CCN2CCOCC2)c(=O)c1C(=O)O. The number of pyridine rings is 1. The summed E-state index contributed by atoms with van der Waals surface area (Å²) in [5, 5.41) is 9.15. The first-order chi connectivity index (χ1) is 9.50. The summed E-state index contributed by atoms with van der Waals surface area (Å²) in [6.45, 7) is 5.89. The highest BCUT2D eigenvalue weighted by molar-refractivity contribution is 9.10. The highest BCUT2D eigenvalue weighted by Crippen LogP contribution is 2.16. The molecule has 2 heterocycles.